The molecule has 0 amide bonds. The third kappa shape index (κ3) is 2.42. The van der Waals surface area contributed by atoms with Crippen molar-refractivity contribution in [1.29, 1.82) is 0 Å². The molecule has 2 heterocycles. The lowest BCUT2D eigenvalue weighted by Gasteiger charge is -2.20. The molecule has 100 valence electrons. The van der Waals surface area contributed by atoms with Crippen molar-refractivity contribution in [2.75, 3.05) is 13.2 Å². The number of nitrogens with two attached hydrogens (primary N) is 1. The van der Waals surface area contributed by atoms with Gasteiger partial charge in [0.1, 0.15) is 13.2 Å². The highest BCUT2D eigenvalue weighted by Crippen LogP contribution is 2.32. The quantitative estimate of drug-likeness (QED) is 0.910. The molecular weight excluding hydrogens is 242 g/mol. The largest absolute Gasteiger partial charge is 0.486 e. The Kier molecular flexibility index (Phi) is 3.13. The molecule has 5 nitrogen and oxygen atoms in total. The van der Waals surface area contributed by atoms with Gasteiger partial charge < -0.3 is 15.2 Å². The summed E-state index contributed by atoms with van der Waals surface area (Å²) in [6, 6.07) is 7.71. The van der Waals surface area contributed by atoms with Crippen molar-refractivity contribution < 1.29 is 9.47 Å². The molecule has 0 spiro atoms. The van der Waals surface area contributed by atoms with Crippen molar-refractivity contribution in [2.24, 2.45) is 5.73 Å². The van der Waals surface area contributed by atoms with Crippen LogP contribution in [0.2, 0.25) is 0 Å². The maximum Gasteiger partial charge on any atom is 0.161 e. The first-order chi connectivity index (χ1) is 9.24. The highest BCUT2D eigenvalue weighted by molar-refractivity contribution is 5.44. The van der Waals surface area contributed by atoms with E-state index in [1.165, 1.54) is 0 Å². The molecule has 0 fully saturated rings. The van der Waals surface area contributed by atoms with Crippen LogP contribution < -0.4 is 15.2 Å². The highest BCUT2D eigenvalue weighted by Gasteiger charge is 2.15. The first-order valence-corrected chi connectivity index (χ1v) is 6.37. The molecule has 1 aromatic heterocycles. The first kappa shape index (κ1) is 12.0. The van der Waals surface area contributed by atoms with Gasteiger partial charge in [0, 0.05) is 17.9 Å². The number of ether oxygens (including phenoxy) is 2. The van der Waals surface area contributed by atoms with Crippen LogP contribution >= 0.6 is 0 Å². The van der Waals surface area contributed by atoms with Crippen LogP contribution in [-0.4, -0.2) is 23.0 Å². The molecule has 19 heavy (non-hydrogen) atoms. The van der Waals surface area contributed by atoms with Crippen molar-refractivity contribution in [3.05, 3.63) is 41.7 Å². The van der Waals surface area contributed by atoms with Crippen LogP contribution in [0.3, 0.4) is 0 Å². The van der Waals surface area contributed by atoms with E-state index in [4.69, 9.17) is 15.2 Å². The third-order valence-electron chi connectivity index (χ3n) is 3.29. The van der Waals surface area contributed by atoms with E-state index in [9.17, 15) is 0 Å². The van der Waals surface area contributed by atoms with Crippen molar-refractivity contribution in [3.63, 3.8) is 0 Å². The molecule has 3 rings (SSSR count). The molecule has 0 saturated carbocycles. The van der Waals surface area contributed by atoms with E-state index in [0.717, 1.165) is 22.8 Å². The van der Waals surface area contributed by atoms with Gasteiger partial charge in [0.2, 0.25) is 0 Å². The van der Waals surface area contributed by atoms with E-state index in [-0.39, 0.29) is 6.04 Å². The minimum Gasteiger partial charge on any atom is -0.486 e. The number of rotatable bonds is 3. The lowest BCUT2D eigenvalue weighted by molar-refractivity contribution is 0.171. The SMILES string of the molecule is Cc1ccnn1CC(N)c1ccc2c(c1)OCCO2. The summed E-state index contributed by atoms with van der Waals surface area (Å²) in [6.07, 6.45) is 1.78. The number of nitrogens with zero attached hydrogens (tertiary/aromatic N) is 2. The van der Waals surface area contributed by atoms with Gasteiger partial charge in [-0.1, -0.05) is 6.07 Å². The zero-order chi connectivity index (χ0) is 13.2. The molecule has 1 atom stereocenters. The van der Waals surface area contributed by atoms with Gasteiger partial charge in [-0.3, -0.25) is 4.68 Å². The van der Waals surface area contributed by atoms with Crippen molar-refractivity contribution >= 4 is 0 Å². The number of aromatic nitrogens is 2. The van der Waals surface area contributed by atoms with E-state index in [1.54, 1.807) is 6.20 Å². The maximum atomic E-state index is 6.23. The standard InChI is InChI=1S/C14H17N3O2/c1-10-4-5-16-17(10)9-12(15)11-2-3-13-14(8-11)19-7-6-18-13/h2-5,8,12H,6-7,9,15H2,1H3. The molecule has 2 N–H and O–H groups in total. The summed E-state index contributed by atoms with van der Waals surface area (Å²) in [5.41, 5.74) is 8.36. The Morgan fingerprint density at radius 1 is 1.26 bits per heavy atom. The number of fused-ring (bicyclic) bond motifs is 1. The Labute approximate surface area is 111 Å². The van der Waals surface area contributed by atoms with Crippen LogP contribution in [0.4, 0.5) is 0 Å². The molecule has 0 aliphatic carbocycles. The van der Waals surface area contributed by atoms with E-state index in [0.29, 0.717) is 19.8 Å². The van der Waals surface area contributed by atoms with Gasteiger partial charge in [-0.05, 0) is 30.7 Å². The summed E-state index contributed by atoms with van der Waals surface area (Å²) in [5.74, 6) is 1.56. The number of aryl methyl sites for hydroxylation is 1. The summed E-state index contributed by atoms with van der Waals surface area (Å²) >= 11 is 0. The minimum absolute atomic E-state index is 0.116. The molecule has 1 unspecified atom stereocenters. The fraction of sp³-hybridized carbons (Fsp3) is 0.357. The molecule has 0 radical (unpaired) electrons. The number of benzene rings is 1. The van der Waals surface area contributed by atoms with Gasteiger partial charge in [-0.2, -0.15) is 5.10 Å². The van der Waals surface area contributed by atoms with Crippen molar-refractivity contribution in [3.8, 4) is 11.5 Å². The summed E-state index contributed by atoms with van der Waals surface area (Å²) in [6.45, 7) is 3.86. The lowest BCUT2D eigenvalue weighted by atomic mass is 10.1. The second kappa shape index (κ2) is 4.93. The molecule has 2 aromatic rings. The third-order valence-corrected chi connectivity index (χ3v) is 3.29. The molecule has 1 aliphatic heterocycles. The Balaban J connectivity index is 1.80. The minimum atomic E-state index is -0.116. The Morgan fingerprint density at radius 3 is 2.79 bits per heavy atom. The summed E-state index contributed by atoms with van der Waals surface area (Å²) in [4.78, 5) is 0. The van der Waals surface area contributed by atoms with Gasteiger partial charge in [0.05, 0.1) is 6.54 Å². The summed E-state index contributed by atoms with van der Waals surface area (Å²) < 4.78 is 13.0. The van der Waals surface area contributed by atoms with Gasteiger partial charge in [-0.15, -0.1) is 0 Å². The number of hydrogen-bond acceptors (Lipinski definition) is 4. The molecule has 0 saturated heterocycles. The van der Waals surface area contributed by atoms with Crippen LogP contribution in [0.1, 0.15) is 17.3 Å². The zero-order valence-electron chi connectivity index (χ0n) is 10.9. The second-order valence-electron chi connectivity index (χ2n) is 4.66. The average Bonchev–Trinajstić information content (AvgIpc) is 2.84. The average molecular weight is 259 g/mol. The zero-order valence-corrected chi connectivity index (χ0v) is 10.9. The van der Waals surface area contributed by atoms with Crippen LogP contribution in [0, 0.1) is 6.92 Å². The van der Waals surface area contributed by atoms with Crippen molar-refractivity contribution in [1.82, 2.24) is 9.78 Å². The van der Waals surface area contributed by atoms with Crippen LogP contribution in [0.5, 0.6) is 11.5 Å². The maximum absolute atomic E-state index is 6.23. The smallest absolute Gasteiger partial charge is 0.161 e. The van der Waals surface area contributed by atoms with E-state index in [2.05, 4.69) is 5.10 Å². The van der Waals surface area contributed by atoms with Gasteiger partial charge in [0.25, 0.3) is 0 Å². The normalized spacial score (nSPS) is 15.3. The topological polar surface area (TPSA) is 62.3 Å². The Morgan fingerprint density at radius 2 is 2.05 bits per heavy atom. The van der Waals surface area contributed by atoms with Crippen LogP contribution in [0.15, 0.2) is 30.5 Å². The highest BCUT2D eigenvalue weighted by atomic mass is 16.6. The molecule has 1 aromatic carbocycles. The van der Waals surface area contributed by atoms with Gasteiger partial charge in [-0.25, -0.2) is 0 Å². The Bertz CT molecular complexity index is 580. The van der Waals surface area contributed by atoms with Crippen LogP contribution in [-0.2, 0) is 6.54 Å². The van der Waals surface area contributed by atoms with E-state index in [1.807, 2.05) is 35.9 Å². The number of hydrogen-bond donors (Lipinski definition) is 1. The van der Waals surface area contributed by atoms with E-state index < -0.39 is 0 Å². The monoisotopic (exact) mass is 259 g/mol. The molecule has 0 bridgehead atoms. The molecule has 1 aliphatic rings. The van der Waals surface area contributed by atoms with Gasteiger partial charge in [0.15, 0.2) is 11.5 Å². The van der Waals surface area contributed by atoms with Crippen molar-refractivity contribution in [2.45, 2.75) is 19.5 Å². The molecular formula is C14H17N3O2. The van der Waals surface area contributed by atoms with E-state index >= 15 is 0 Å². The van der Waals surface area contributed by atoms with Gasteiger partial charge >= 0.3 is 0 Å². The van der Waals surface area contributed by atoms with Crippen LogP contribution in [0.25, 0.3) is 0 Å². The fourth-order valence-corrected chi connectivity index (χ4v) is 2.17. The second-order valence-corrected chi connectivity index (χ2v) is 4.66. The Hall–Kier alpha value is -2.01. The lowest BCUT2D eigenvalue weighted by Crippen LogP contribution is -2.20. The fourth-order valence-electron chi connectivity index (χ4n) is 2.17. The molecule has 5 heteroatoms. The summed E-state index contributed by atoms with van der Waals surface area (Å²) in [5, 5.41) is 4.25. The first-order valence-electron chi connectivity index (χ1n) is 6.37. The predicted octanol–water partition coefficient (Wildman–Crippen LogP) is 1.66. The predicted molar refractivity (Wildman–Crippen MR) is 71.3 cm³/mol. The summed E-state index contributed by atoms with van der Waals surface area (Å²) in [7, 11) is 0.